The van der Waals surface area contributed by atoms with E-state index < -0.39 is 0 Å². The second-order valence-electron chi connectivity index (χ2n) is 18.2. The monoisotopic (exact) mass is 920 g/mol. The van der Waals surface area contributed by atoms with Crippen molar-refractivity contribution in [1.82, 2.24) is 24.1 Å². The van der Waals surface area contributed by atoms with E-state index in [2.05, 4.69) is 137 Å². The van der Waals surface area contributed by atoms with Gasteiger partial charge in [0.25, 0.3) is 0 Å². The van der Waals surface area contributed by atoms with Crippen molar-refractivity contribution in [1.29, 1.82) is 5.26 Å². The Morgan fingerprint density at radius 3 is 1.29 bits per heavy atom. The Balaban J connectivity index is 1.06. The Labute approximate surface area is 410 Å². The van der Waals surface area contributed by atoms with Gasteiger partial charge in [-0.1, -0.05) is 133 Å². The molecule has 0 saturated carbocycles. The van der Waals surface area contributed by atoms with Crippen LogP contribution in [0.25, 0.3) is 144 Å². The zero-order valence-corrected chi connectivity index (χ0v) is 38.3. The number of nitriles is 1. The summed E-state index contributed by atoms with van der Waals surface area (Å²) in [6.45, 7) is 0. The van der Waals surface area contributed by atoms with Gasteiger partial charge >= 0.3 is 0 Å². The van der Waals surface area contributed by atoms with Gasteiger partial charge in [-0.05, 0) is 84.9 Å². The number of aromatic nitrogens is 5. The summed E-state index contributed by atoms with van der Waals surface area (Å²) >= 11 is 0. The minimum atomic E-state index is 0.517. The fraction of sp³-hybridized carbons (Fsp3) is 0. The van der Waals surface area contributed by atoms with Gasteiger partial charge in [-0.2, -0.15) is 5.26 Å². The average molecular weight is 921 g/mol. The highest BCUT2D eigenvalue weighted by molar-refractivity contribution is 6.25. The van der Waals surface area contributed by atoms with Crippen LogP contribution in [0, 0.1) is 11.3 Å². The van der Waals surface area contributed by atoms with Crippen molar-refractivity contribution >= 4 is 87.5 Å². The van der Waals surface area contributed by atoms with E-state index >= 15 is 0 Å². The van der Waals surface area contributed by atoms with Gasteiger partial charge in [0.1, 0.15) is 22.3 Å². The summed E-state index contributed by atoms with van der Waals surface area (Å²) in [7, 11) is 0. The van der Waals surface area contributed by atoms with Crippen LogP contribution in [0.4, 0.5) is 0 Å². The predicted octanol–water partition coefficient (Wildman–Crippen LogP) is 16.4. The van der Waals surface area contributed by atoms with E-state index in [4.69, 9.17) is 23.8 Å². The Morgan fingerprint density at radius 1 is 0.347 bits per heavy atom. The highest BCUT2D eigenvalue weighted by Crippen LogP contribution is 2.46. The lowest BCUT2D eigenvalue weighted by Gasteiger charge is -2.20. The Hall–Kier alpha value is -10.1. The number of para-hydroxylation sites is 4. The topological polar surface area (TPSA) is 98.6 Å². The molecule has 0 aliphatic rings. The first-order valence-electron chi connectivity index (χ1n) is 23.9. The maximum absolute atomic E-state index is 10.8. The van der Waals surface area contributed by atoms with Gasteiger partial charge in [0.15, 0.2) is 17.5 Å². The van der Waals surface area contributed by atoms with Gasteiger partial charge in [0, 0.05) is 60.1 Å². The highest BCUT2D eigenvalue weighted by Gasteiger charge is 2.26. The van der Waals surface area contributed by atoms with Crippen LogP contribution in [-0.2, 0) is 0 Å². The summed E-state index contributed by atoms with van der Waals surface area (Å²) in [5, 5.41) is 19.2. The molecule has 72 heavy (non-hydrogen) atoms. The fourth-order valence-corrected chi connectivity index (χ4v) is 11.0. The number of furan rings is 2. The lowest BCUT2D eigenvalue weighted by Crippen LogP contribution is -2.04. The van der Waals surface area contributed by atoms with E-state index in [1.807, 2.05) is 97.1 Å². The summed E-state index contributed by atoms with van der Waals surface area (Å²) in [6.07, 6.45) is 0. The Bertz CT molecular complexity index is 4710. The second kappa shape index (κ2) is 15.5. The quantitative estimate of drug-likeness (QED) is 0.165. The lowest BCUT2D eigenvalue weighted by molar-refractivity contribution is 0.672. The smallest absolute Gasteiger partial charge is 0.164 e. The van der Waals surface area contributed by atoms with E-state index in [0.717, 1.165) is 127 Å². The molecule has 8 heteroatoms. The maximum Gasteiger partial charge on any atom is 0.164 e. The molecule has 334 valence electrons. The van der Waals surface area contributed by atoms with Crippen molar-refractivity contribution < 1.29 is 8.83 Å². The van der Waals surface area contributed by atoms with Crippen LogP contribution < -0.4 is 0 Å². The largest absolute Gasteiger partial charge is 0.455 e. The van der Waals surface area contributed by atoms with Crippen LogP contribution in [-0.4, -0.2) is 24.1 Å². The Kier molecular flexibility index (Phi) is 8.55. The molecule has 0 aliphatic heterocycles. The van der Waals surface area contributed by atoms with Gasteiger partial charge in [-0.3, -0.25) is 0 Å². The lowest BCUT2D eigenvalue weighted by atomic mass is 9.96. The van der Waals surface area contributed by atoms with Crippen LogP contribution in [0.15, 0.2) is 227 Å². The molecule has 10 aromatic carbocycles. The van der Waals surface area contributed by atoms with E-state index in [-0.39, 0.29) is 0 Å². The van der Waals surface area contributed by atoms with Crippen molar-refractivity contribution in [3.63, 3.8) is 0 Å². The number of fused-ring (bicyclic) bond motifs is 14. The summed E-state index contributed by atoms with van der Waals surface area (Å²) in [4.78, 5) is 15.4. The molecule has 0 fully saturated rings. The van der Waals surface area contributed by atoms with E-state index in [9.17, 15) is 5.26 Å². The molecule has 8 nitrogen and oxygen atoms in total. The van der Waals surface area contributed by atoms with E-state index in [1.54, 1.807) is 0 Å². The summed E-state index contributed by atoms with van der Waals surface area (Å²) in [5.41, 5.74) is 13.9. The van der Waals surface area contributed by atoms with Crippen molar-refractivity contribution in [3.8, 4) is 62.7 Å². The standard InChI is InChI=1S/C64H36N6O2/c65-37-38-27-31-52(69-50-23-11-7-21-46(50)58-54(69)33-29-44-42-19-9-13-25-56(42)71-60(44)58)48(35-38)49-36-41(64-67-62(39-15-3-1-4-16-39)66-63(68-64)40-17-5-2-6-18-40)28-32-53(49)70-51-24-12-8-22-47(51)59-55(70)34-30-45-43-20-10-14-26-57(43)72-61(45)59/h1-36H. The minimum absolute atomic E-state index is 0.517. The highest BCUT2D eigenvalue weighted by atomic mass is 16.3. The maximum atomic E-state index is 10.8. The van der Waals surface area contributed by atoms with E-state index in [0.29, 0.717) is 23.0 Å². The third-order valence-electron chi connectivity index (χ3n) is 14.2. The van der Waals surface area contributed by atoms with Crippen molar-refractivity contribution in [2.45, 2.75) is 0 Å². The third-order valence-corrected chi connectivity index (χ3v) is 14.2. The molecule has 0 spiro atoms. The molecule has 0 unspecified atom stereocenters. The second-order valence-corrected chi connectivity index (χ2v) is 18.2. The van der Waals surface area contributed by atoms with Crippen LogP contribution in [0.2, 0.25) is 0 Å². The van der Waals surface area contributed by atoms with Gasteiger partial charge < -0.3 is 18.0 Å². The molecule has 0 N–H and O–H groups in total. The molecular formula is C64H36N6O2. The molecular weight excluding hydrogens is 885 g/mol. The molecule has 0 radical (unpaired) electrons. The summed E-state index contributed by atoms with van der Waals surface area (Å²) < 4.78 is 18.1. The van der Waals surface area contributed by atoms with Crippen molar-refractivity contribution in [2.75, 3.05) is 0 Å². The normalized spacial score (nSPS) is 11.9. The van der Waals surface area contributed by atoms with Crippen molar-refractivity contribution in [2.24, 2.45) is 0 Å². The number of nitrogens with zero attached hydrogens (tertiary/aromatic N) is 6. The molecule has 0 atom stereocenters. The van der Waals surface area contributed by atoms with Crippen LogP contribution in [0.5, 0.6) is 0 Å². The average Bonchev–Trinajstić information content (AvgIpc) is 4.21. The predicted molar refractivity (Wildman–Crippen MR) is 290 cm³/mol. The first-order chi connectivity index (χ1) is 35.7. The molecule has 5 heterocycles. The van der Waals surface area contributed by atoms with Gasteiger partial charge in [-0.15, -0.1) is 0 Å². The zero-order valence-electron chi connectivity index (χ0n) is 38.3. The molecule has 15 rings (SSSR count). The zero-order chi connectivity index (χ0) is 47.4. The summed E-state index contributed by atoms with van der Waals surface area (Å²) in [6, 6.07) is 77.2. The summed E-state index contributed by atoms with van der Waals surface area (Å²) in [5.74, 6) is 1.65. The molecule has 0 bridgehead atoms. The number of hydrogen-bond acceptors (Lipinski definition) is 6. The Morgan fingerprint density at radius 2 is 0.778 bits per heavy atom. The van der Waals surface area contributed by atoms with Crippen LogP contribution in [0.3, 0.4) is 0 Å². The number of benzene rings is 10. The SMILES string of the molecule is N#Cc1ccc(-n2c3ccccc3c3c4oc5ccccc5c4ccc32)c(-c2cc(-c3nc(-c4ccccc4)nc(-c4ccccc4)n3)ccc2-n2c3ccccc3c3c4oc5ccccc5c4ccc32)c1. The van der Waals surface area contributed by atoms with Gasteiger partial charge in [-0.25, -0.2) is 15.0 Å². The number of hydrogen-bond donors (Lipinski definition) is 0. The minimum Gasteiger partial charge on any atom is -0.455 e. The van der Waals surface area contributed by atoms with Gasteiger partial charge in [0.05, 0.1) is 55.8 Å². The first-order valence-corrected chi connectivity index (χ1v) is 23.9. The first kappa shape index (κ1) is 39.9. The van der Waals surface area contributed by atoms with Gasteiger partial charge in [0.2, 0.25) is 0 Å². The van der Waals surface area contributed by atoms with E-state index in [1.165, 1.54) is 0 Å². The molecule has 15 aromatic rings. The molecule has 5 aromatic heterocycles. The molecule has 0 aliphatic carbocycles. The third kappa shape index (κ3) is 5.89. The van der Waals surface area contributed by atoms with Crippen LogP contribution in [0.1, 0.15) is 5.56 Å². The fourth-order valence-electron chi connectivity index (χ4n) is 11.0. The molecule has 0 amide bonds. The van der Waals surface area contributed by atoms with Crippen molar-refractivity contribution in [3.05, 3.63) is 224 Å². The molecule has 0 saturated heterocycles. The number of rotatable bonds is 6. The van der Waals surface area contributed by atoms with Crippen LogP contribution >= 0.6 is 0 Å².